The van der Waals surface area contributed by atoms with Crippen molar-refractivity contribution >= 4 is 26.0 Å². The molecule has 1 saturated heterocycles. The van der Waals surface area contributed by atoms with Crippen LogP contribution in [0.4, 0.5) is 0 Å². The number of ether oxygens (including phenoxy) is 1. The lowest BCUT2D eigenvalue weighted by Crippen LogP contribution is -2.62. The van der Waals surface area contributed by atoms with Gasteiger partial charge >= 0.3 is 0 Å². The number of halogens is 1. The van der Waals surface area contributed by atoms with Crippen molar-refractivity contribution in [2.24, 2.45) is 0 Å². The van der Waals surface area contributed by atoms with Crippen LogP contribution in [0.1, 0.15) is 13.3 Å². The molecule has 106 valence electrons. The fourth-order valence-electron chi connectivity index (χ4n) is 1.96. The van der Waals surface area contributed by atoms with Crippen molar-refractivity contribution in [1.82, 2.24) is 4.31 Å². The van der Waals surface area contributed by atoms with Crippen LogP contribution < -0.4 is 4.74 Å². The summed E-state index contributed by atoms with van der Waals surface area (Å²) in [6.07, 6.45) is 0.547. The van der Waals surface area contributed by atoms with Crippen molar-refractivity contribution < 1.29 is 18.3 Å². The molecule has 1 aromatic carbocycles. The molecular formula is C12H16BrNO4S. The Morgan fingerprint density at radius 2 is 2.11 bits per heavy atom. The molecule has 1 N–H and O–H groups in total. The summed E-state index contributed by atoms with van der Waals surface area (Å²) < 4.78 is 31.6. The Hall–Kier alpha value is -0.630. The Morgan fingerprint density at radius 1 is 1.47 bits per heavy atom. The first-order valence-electron chi connectivity index (χ1n) is 5.88. The summed E-state index contributed by atoms with van der Waals surface area (Å²) >= 11 is 3.27. The topological polar surface area (TPSA) is 66.8 Å². The van der Waals surface area contributed by atoms with Gasteiger partial charge in [-0.1, -0.05) is 6.92 Å². The molecule has 1 aliphatic rings. The van der Waals surface area contributed by atoms with E-state index in [0.29, 0.717) is 16.6 Å². The minimum absolute atomic E-state index is 0.148. The lowest BCUT2D eigenvalue weighted by molar-refractivity contribution is -0.0613. The van der Waals surface area contributed by atoms with Crippen LogP contribution in [-0.4, -0.2) is 43.6 Å². The third-order valence-corrected chi connectivity index (χ3v) is 5.77. The molecule has 19 heavy (non-hydrogen) atoms. The van der Waals surface area contributed by atoms with Gasteiger partial charge in [0, 0.05) is 13.1 Å². The standard InChI is InChI=1S/C12H16BrNO4S/c1-3-12(15)7-14(8-12)19(16,17)9-4-5-11(18-2)10(13)6-9/h4-6,15H,3,7-8H2,1-2H3. The number of sulfonamides is 1. The highest BCUT2D eigenvalue weighted by molar-refractivity contribution is 9.10. The van der Waals surface area contributed by atoms with Crippen molar-refractivity contribution in [1.29, 1.82) is 0 Å². The van der Waals surface area contributed by atoms with Crippen molar-refractivity contribution in [2.45, 2.75) is 23.8 Å². The first-order chi connectivity index (χ1) is 8.82. The van der Waals surface area contributed by atoms with E-state index >= 15 is 0 Å². The fraction of sp³-hybridized carbons (Fsp3) is 0.500. The first kappa shape index (κ1) is 14.8. The summed E-state index contributed by atoms with van der Waals surface area (Å²) in [6, 6.07) is 4.61. The molecule has 0 amide bonds. The second kappa shape index (κ2) is 5.05. The predicted molar refractivity (Wildman–Crippen MR) is 74.7 cm³/mol. The molecule has 2 rings (SSSR count). The first-order valence-corrected chi connectivity index (χ1v) is 8.12. The summed E-state index contributed by atoms with van der Waals surface area (Å²) in [6.45, 7) is 2.14. The van der Waals surface area contributed by atoms with Crippen LogP contribution in [0.25, 0.3) is 0 Å². The third-order valence-electron chi connectivity index (χ3n) is 3.36. The lowest BCUT2D eigenvalue weighted by atomic mass is 9.94. The van der Waals surface area contributed by atoms with Gasteiger partial charge < -0.3 is 9.84 Å². The number of β-amino-alcohol motifs (C(OH)–C–C–N with tert-alkyl or cyclic N) is 1. The number of methoxy groups -OCH3 is 1. The fourth-order valence-corrected chi connectivity index (χ4v) is 4.28. The molecule has 0 saturated carbocycles. The summed E-state index contributed by atoms with van der Waals surface area (Å²) in [5.74, 6) is 0.577. The second-order valence-corrected chi connectivity index (χ2v) is 7.44. The number of hydrogen-bond donors (Lipinski definition) is 1. The van der Waals surface area contributed by atoms with E-state index in [-0.39, 0.29) is 18.0 Å². The van der Waals surface area contributed by atoms with Crippen LogP contribution in [0, 0.1) is 0 Å². The van der Waals surface area contributed by atoms with E-state index in [1.165, 1.54) is 23.5 Å². The molecular weight excluding hydrogens is 334 g/mol. The number of hydrogen-bond acceptors (Lipinski definition) is 4. The Labute approximate surface area is 121 Å². The van der Waals surface area contributed by atoms with Gasteiger partial charge in [-0.25, -0.2) is 8.42 Å². The molecule has 0 aliphatic carbocycles. The zero-order chi connectivity index (χ0) is 14.3. The van der Waals surface area contributed by atoms with E-state index in [2.05, 4.69) is 15.9 Å². The SMILES string of the molecule is CCC1(O)CN(S(=O)(=O)c2ccc(OC)c(Br)c2)C1. The average molecular weight is 350 g/mol. The molecule has 1 aliphatic heterocycles. The number of aliphatic hydroxyl groups is 1. The van der Waals surface area contributed by atoms with Crippen LogP contribution in [0.2, 0.25) is 0 Å². The van der Waals surface area contributed by atoms with Gasteiger partial charge in [0.15, 0.2) is 0 Å². The van der Waals surface area contributed by atoms with Gasteiger partial charge in [0.05, 0.1) is 22.1 Å². The molecule has 0 aromatic heterocycles. The van der Waals surface area contributed by atoms with Gasteiger partial charge in [-0.05, 0) is 40.5 Å². The van der Waals surface area contributed by atoms with Crippen LogP contribution in [0.5, 0.6) is 5.75 Å². The smallest absolute Gasteiger partial charge is 0.243 e. The summed E-state index contributed by atoms with van der Waals surface area (Å²) in [5, 5.41) is 9.90. The zero-order valence-corrected chi connectivity index (χ0v) is 13.2. The lowest BCUT2D eigenvalue weighted by Gasteiger charge is -2.44. The van der Waals surface area contributed by atoms with Gasteiger partial charge in [0.2, 0.25) is 10.0 Å². The Kier molecular flexibility index (Phi) is 3.92. The molecule has 0 atom stereocenters. The summed E-state index contributed by atoms with van der Waals surface area (Å²) in [7, 11) is -2.02. The average Bonchev–Trinajstić information content (AvgIpc) is 2.34. The third kappa shape index (κ3) is 2.65. The Bertz CT molecular complexity index is 581. The predicted octanol–water partition coefficient (Wildman–Crippen LogP) is 1.60. The van der Waals surface area contributed by atoms with E-state index in [9.17, 15) is 13.5 Å². The maximum absolute atomic E-state index is 12.3. The molecule has 0 radical (unpaired) electrons. The molecule has 1 aromatic rings. The van der Waals surface area contributed by atoms with Crippen molar-refractivity contribution in [2.75, 3.05) is 20.2 Å². The highest BCUT2D eigenvalue weighted by Crippen LogP contribution is 2.33. The normalized spacial score (nSPS) is 18.9. The van der Waals surface area contributed by atoms with Crippen LogP contribution in [-0.2, 0) is 10.0 Å². The van der Waals surface area contributed by atoms with Crippen LogP contribution in [0.15, 0.2) is 27.6 Å². The van der Waals surface area contributed by atoms with Gasteiger partial charge in [0.1, 0.15) is 5.75 Å². The number of rotatable bonds is 4. The van der Waals surface area contributed by atoms with Crippen molar-refractivity contribution in [3.05, 3.63) is 22.7 Å². The second-order valence-electron chi connectivity index (χ2n) is 4.65. The molecule has 1 heterocycles. The van der Waals surface area contributed by atoms with E-state index in [1.807, 2.05) is 6.92 Å². The minimum Gasteiger partial charge on any atom is -0.496 e. The molecule has 0 unspecified atom stereocenters. The number of nitrogens with zero attached hydrogens (tertiary/aromatic N) is 1. The van der Waals surface area contributed by atoms with E-state index < -0.39 is 15.6 Å². The summed E-state index contributed by atoms with van der Waals surface area (Å²) in [5.41, 5.74) is -0.878. The van der Waals surface area contributed by atoms with Crippen LogP contribution >= 0.6 is 15.9 Å². The molecule has 0 bridgehead atoms. The van der Waals surface area contributed by atoms with Gasteiger partial charge in [-0.2, -0.15) is 4.31 Å². The van der Waals surface area contributed by atoms with E-state index in [1.54, 1.807) is 6.07 Å². The highest BCUT2D eigenvalue weighted by atomic mass is 79.9. The van der Waals surface area contributed by atoms with Crippen molar-refractivity contribution in [3.63, 3.8) is 0 Å². The Balaban J connectivity index is 2.24. The maximum Gasteiger partial charge on any atom is 0.243 e. The maximum atomic E-state index is 12.3. The van der Waals surface area contributed by atoms with E-state index in [4.69, 9.17) is 4.74 Å². The van der Waals surface area contributed by atoms with E-state index in [0.717, 1.165) is 0 Å². The number of benzene rings is 1. The van der Waals surface area contributed by atoms with Gasteiger partial charge in [-0.15, -0.1) is 0 Å². The molecule has 7 heteroatoms. The molecule has 1 fully saturated rings. The summed E-state index contributed by atoms with van der Waals surface area (Å²) in [4.78, 5) is 0.193. The Morgan fingerprint density at radius 3 is 2.58 bits per heavy atom. The molecule has 5 nitrogen and oxygen atoms in total. The largest absolute Gasteiger partial charge is 0.496 e. The highest BCUT2D eigenvalue weighted by Gasteiger charge is 2.46. The van der Waals surface area contributed by atoms with Crippen LogP contribution in [0.3, 0.4) is 0 Å². The van der Waals surface area contributed by atoms with Gasteiger partial charge in [-0.3, -0.25) is 0 Å². The molecule has 0 spiro atoms. The van der Waals surface area contributed by atoms with Crippen molar-refractivity contribution in [3.8, 4) is 5.75 Å². The zero-order valence-electron chi connectivity index (χ0n) is 10.8. The monoisotopic (exact) mass is 349 g/mol. The quantitative estimate of drug-likeness (QED) is 0.896. The van der Waals surface area contributed by atoms with Gasteiger partial charge in [0.25, 0.3) is 0 Å². The minimum atomic E-state index is -3.54.